The third-order valence-corrected chi connectivity index (χ3v) is 4.84. The number of quaternary nitrogens is 1. The van der Waals surface area contributed by atoms with E-state index < -0.39 is 6.10 Å². The summed E-state index contributed by atoms with van der Waals surface area (Å²) < 4.78 is 5.88. The Morgan fingerprint density at radius 3 is 2.33 bits per heavy atom. The molecule has 0 radical (unpaired) electrons. The highest BCUT2D eigenvalue weighted by Gasteiger charge is 2.30. The number of likely N-dealkylation sites (tertiary alicyclic amines) is 1. The molecule has 2 rings (SSSR count). The van der Waals surface area contributed by atoms with Gasteiger partial charge in [-0.2, -0.15) is 0 Å². The minimum absolute atomic E-state index is 0.384. The van der Waals surface area contributed by atoms with Gasteiger partial charge in [0.05, 0.1) is 12.1 Å². The van der Waals surface area contributed by atoms with E-state index in [-0.39, 0.29) is 0 Å². The van der Waals surface area contributed by atoms with E-state index in [2.05, 4.69) is 39.8 Å². The lowest BCUT2D eigenvalue weighted by molar-refractivity contribution is -0.954. The second-order valence-electron chi connectivity index (χ2n) is 6.70. The highest BCUT2D eigenvalue weighted by molar-refractivity contribution is 5.39. The van der Waals surface area contributed by atoms with Crippen molar-refractivity contribution in [2.24, 2.45) is 0 Å². The number of piperidine rings is 1. The van der Waals surface area contributed by atoms with Gasteiger partial charge in [0.15, 0.2) is 0 Å². The molecule has 1 aromatic carbocycles. The summed E-state index contributed by atoms with van der Waals surface area (Å²) >= 11 is 0. The number of ether oxygens (including phenoxy) is 1. The van der Waals surface area contributed by atoms with E-state index in [1.54, 1.807) is 0 Å². The number of hydrogen-bond donors (Lipinski definition) is 2. The van der Waals surface area contributed by atoms with Crippen LogP contribution < -0.4 is 9.64 Å². The van der Waals surface area contributed by atoms with Crippen LogP contribution in [0.1, 0.15) is 44.2 Å². The maximum Gasteiger partial charge on any atom is 0.137 e. The van der Waals surface area contributed by atoms with Crippen molar-refractivity contribution in [2.45, 2.75) is 65.1 Å². The number of aliphatic hydroxyl groups excluding tert-OH is 1. The lowest BCUT2D eigenvalue weighted by atomic mass is 9.97. The van der Waals surface area contributed by atoms with Crippen LogP contribution in [-0.2, 0) is 0 Å². The van der Waals surface area contributed by atoms with Crippen molar-refractivity contribution in [2.75, 3.05) is 13.2 Å². The van der Waals surface area contributed by atoms with Crippen LogP contribution in [0.3, 0.4) is 0 Å². The molecule has 0 aromatic heterocycles. The third-order valence-electron chi connectivity index (χ3n) is 4.84. The van der Waals surface area contributed by atoms with Crippen LogP contribution in [0.25, 0.3) is 0 Å². The predicted octanol–water partition coefficient (Wildman–Crippen LogP) is 1.89. The Morgan fingerprint density at radius 1 is 1.19 bits per heavy atom. The zero-order chi connectivity index (χ0) is 15.4. The molecule has 0 saturated carbocycles. The number of hydrogen-bond acceptors (Lipinski definition) is 2. The first-order chi connectivity index (χ1) is 9.99. The molecule has 1 aromatic rings. The fraction of sp³-hybridized carbons (Fsp3) is 0.667. The van der Waals surface area contributed by atoms with E-state index in [4.69, 9.17) is 4.74 Å². The average Bonchev–Trinajstić information content (AvgIpc) is 2.42. The van der Waals surface area contributed by atoms with Crippen LogP contribution >= 0.6 is 0 Å². The Morgan fingerprint density at radius 2 is 1.76 bits per heavy atom. The number of benzene rings is 1. The maximum absolute atomic E-state index is 10.3. The predicted molar refractivity (Wildman–Crippen MR) is 86.0 cm³/mol. The Labute approximate surface area is 128 Å². The van der Waals surface area contributed by atoms with Crippen molar-refractivity contribution >= 4 is 0 Å². The van der Waals surface area contributed by atoms with Gasteiger partial charge in [-0.15, -0.1) is 0 Å². The molecule has 118 valence electrons. The van der Waals surface area contributed by atoms with Gasteiger partial charge in [-0.25, -0.2) is 0 Å². The van der Waals surface area contributed by atoms with Crippen LogP contribution in [0.4, 0.5) is 0 Å². The monoisotopic (exact) mass is 292 g/mol. The van der Waals surface area contributed by atoms with Gasteiger partial charge in [-0.1, -0.05) is 18.2 Å². The molecule has 3 atom stereocenters. The van der Waals surface area contributed by atoms with Gasteiger partial charge in [0.1, 0.15) is 25.0 Å². The molecule has 3 heteroatoms. The highest BCUT2D eigenvalue weighted by atomic mass is 16.5. The van der Waals surface area contributed by atoms with E-state index in [1.165, 1.54) is 24.2 Å². The lowest BCUT2D eigenvalue weighted by Crippen LogP contribution is -3.20. The van der Waals surface area contributed by atoms with Crippen LogP contribution in [0.5, 0.6) is 5.75 Å². The molecule has 1 heterocycles. The fourth-order valence-corrected chi connectivity index (χ4v) is 3.53. The van der Waals surface area contributed by atoms with Crippen molar-refractivity contribution in [3.8, 4) is 5.75 Å². The summed E-state index contributed by atoms with van der Waals surface area (Å²) in [5.41, 5.74) is 2.27. The summed E-state index contributed by atoms with van der Waals surface area (Å²) in [7, 11) is 0. The van der Waals surface area contributed by atoms with Crippen LogP contribution in [0, 0.1) is 13.8 Å². The number of aliphatic hydroxyl groups is 1. The molecule has 3 nitrogen and oxygen atoms in total. The Kier molecular flexibility index (Phi) is 5.65. The summed E-state index contributed by atoms with van der Waals surface area (Å²) in [6, 6.07) is 7.42. The Hall–Kier alpha value is -1.06. The van der Waals surface area contributed by atoms with Crippen molar-refractivity contribution in [3.63, 3.8) is 0 Å². The average molecular weight is 292 g/mol. The first-order valence-electron chi connectivity index (χ1n) is 8.21. The fourth-order valence-electron chi connectivity index (χ4n) is 3.53. The SMILES string of the molecule is Cc1cccc(C)c1OC[C@H](O)C[NH+]1[C@H](C)CCC[C@H]1C. The highest BCUT2D eigenvalue weighted by Crippen LogP contribution is 2.22. The molecule has 0 unspecified atom stereocenters. The van der Waals surface area contributed by atoms with Crippen molar-refractivity contribution in [1.29, 1.82) is 0 Å². The largest absolute Gasteiger partial charge is 0.490 e. The molecule has 1 fully saturated rings. The number of rotatable bonds is 5. The van der Waals surface area contributed by atoms with Gasteiger partial charge in [-0.3, -0.25) is 0 Å². The molecule has 0 amide bonds. The van der Waals surface area contributed by atoms with Crippen LogP contribution in [0.15, 0.2) is 18.2 Å². The van der Waals surface area contributed by atoms with Gasteiger partial charge in [-0.05, 0) is 58.1 Å². The summed E-state index contributed by atoms with van der Waals surface area (Å²) in [6.07, 6.45) is 3.46. The topological polar surface area (TPSA) is 33.9 Å². The second-order valence-corrected chi connectivity index (χ2v) is 6.70. The maximum atomic E-state index is 10.3. The molecule has 0 aliphatic carbocycles. The molecule has 21 heavy (non-hydrogen) atoms. The standard InChI is InChI=1S/C18H29NO2/c1-13-7-5-8-14(2)18(13)21-12-17(20)11-19-15(3)9-6-10-16(19)4/h5,7-8,15-17,20H,6,9-12H2,1-4H3/p+1/t15-,16-,17-/m1/s1. The third kappa shape index (κ3) is 4.21. The van der Waals surface area contributed by atoms with E-state index in [9.17, 15) is 5.11 Å². The number of aryl methyl sites for hydroxylation is 2. The molecule has 1 aliphatic heterocycles. The normalized spacial score (nSPS) is 24.8. The quantitative estimate of drug-likeness (QED) is 0.869. The van der Waals surface area contributed by atoms with E-state index in [0.29, 0.717) is 18.7 Å². The van der Waals surface area contributed by atoms with E-state index in [1.807, 2.05) is 6.07 Å². The smallest absolute Gasteiger partial charge is 0.137 e. The molecular formula is C18H30NO2+. The molecule has 1 aliphatic rings. The summed E-state index contributed by atoms with van der Waals surface area (Å²) in [5, 5.41) is 10.3. The lowest BCUT2D eigenvalue weighted by Gasteiger charge is -2.36. The first kappa shape index (κ1) is 16.3. The number of para-hydroxylation sites is 1. The van der Waals surface area contributed by atoms with Gasteiger partial charge in [0.25, 0.3) is 0 Å². The number of nitrogens with one attached hydrogen (secondary N) is 1. The minimum atomic E-state index is -0.401. The molecule has 2 N–H and O–H groups in total. The second kappa shape index (κ2) is 7.28. The van der Waals surface area contributed by atoms with Gasteiger partial charge >= 0.3 is 0 Å². The Bertz CT molecular complexity index is 430. The summed E-state index contributed by atoms with van der Waals surface area (Å²) in [4.78, 5) is 1.53. The molecular weight excluding hydrogens is 262 g/mol. The van der Waals surface area contributed by atoms with Crippen molar-refractivity contribution in [3.05, 3.63) is 29.3 Å². The van der Waals surface area contributed by atoms with Gasteiger partial charge in [0, 0.05) is 0 Å². The minimum Gasteiger partial charge on any atom is -0.490 e. The van der Waals surface area contributed by atoms with Gasteiger partial charge in [0.2, 0.25) is 0 Å². The Balaban J connectivity index is 1.88. The van der Waals surface area contributed by atoms with E-state index >= 15 is 0 Å². The first-order valence-corrected chi connectivity index (χ1v) is 8.21. The molecule has 0 spiro atoms. The zero-order valence-corrected chi connectivity index (χ0v) is 13.9. The molecule has 1 saturated heterocycles. The van der Waals surface area contributed by atoms with Crippen LogP contribution in [0.2, 0.25) is 0 Å². The van der Waals surface area contributed by atoms with E-state index in [0.717, 1.165) is 23.4 Å². The molecule has 0 bridgehead atoms. The summed E-state index contributed by atoms with van der Waals surface area (Å²) in [6.45, 7) is 9.86. The van der Waals surface area contributed by atoms with Gasteiger partial charge < -0.3 is 14.7 Å². The summed E-state index contributed by atoms with van der Waals surface area (Å²) in [5.74, 6) is 0.922. The van der Waals surface area contributed by atoms with Crippen molar-refractivity contribution < 1.29 is 14.7 Å². The van der Waals surface area contributed by atoms with Crippen LogP contribution in [-0.4, -0.2) is 36.4 Å². The van der Waals surface area contributed by atoms with Crippen molar-refractivity contribution in [1.82, 2.24) is 0 Å². The zero-order valence-electron chi connectivity index (χ0n) is 13.9.